The summed E-state index contributed by atoms with van der Waals surface area (Å²) in [6, 6.07) is 0.357. The molecule has 4 nitrogen and oxygen atoms in total. The summed E-state index contributed by atoms with van der Waals surface area (Å²) in [6.07, 6.45) is 1.89. The molecular formula is C13H21N3O. The molecule has 0 aromatic rings. The highest BCUT2D eigenvalue weighted by molar-refractivity contribution is 6.07. The number of ketones is 1. The lowest BCUT2D eigenvalue weighted by molar-refractivity contribution is -0.118. The van der Waals surface area contributed by atoms with Crippen LogP contribution in [0.15, 0.2) is 16.6 Å². The van der Waals surface area contributed by atoms with E-state index < -0.39 is 0 Å². The van der Waals surface area contributed by atoms with Crippen molar-refractivity contribution in [3.63, 3.8) is 0 Å². The average Bonchev–Trinajstić information content (AvgIpc) is 2.62. The maximum absolute atomic E-state index is 12.0. The van der Waals surface area contributed by atoms with Crippen LogP contribution in [0.1, 0.15) is 20.8 Å². The molecular weight excluding hydrogens is 214 g/mol. The first-order chi connectivity index (χ1) is 8.04. The van der Waals surface area contributed by atoms with Crippen molar-refractivity contribution in [1.82, 2.24) is 10.2 Å². The zero-order valence-electron chi connectivity index (χ0n) is 10.9. The number of rotatable bonds is 4. The fourth-order valence-corrected chi connectivity index (χ4v) is 2.24. The molecule has 1 saturated heterocycles. The highest BCUT2D eigenvalue weighted by Crippen LogP contribution is 2.15. The number of nitrogens with zero attached hydrogens (tertiary/aromatic N) is 2. The molecule has 4 heteroatoms. The number of nitrogens with one attached hydrogen (secondary N) is 1. The van der Waals surface area contributed by atoms with Crippen LogP contribution >= 0.6 is 0 Å². The molecule has 0 aromatic heterocycles. The maximum atomic E-state index is 12.0. The Hall–Kier alpha value is -1.16. The second-order valence-electron chi connectivity index (χ2n) is 5.39. The van der Waals surface area contributed by atoms with Crippen LogP contribution in [-0.2, 0) is 4.79 Å². The van der Waals surface area contributed by atoms with Gasteiger partial charge >= 0.3 is 0 Å². The van der Waals surface area contributed by atoms with Crippen LogP contribution < -0.4 is 5.32 Å². The van der Waals surface area contributed by atoms with Crippen molar-refractivity contribution < 1.29 is 4.79 Å². The normalized spacial score (nSPS) is 21.2. The van der Waals surface area contributed by atoms with Gasteiger partial charge in [-0.15, -0.1) is 0 Å². The zero-order valence-corrected chi connectivity index (χ0v) is 10.9. The lowest BCUT2D eigenvalue weighted by Crippen LogP contribution is -2.47. The monoisotopic (exact) mass is 235 g/mol. The quantitative estimate of drug-likeness (QED) is 0.785. The SMILES string of the molecule is CC1CN(CC(=O)C2=CC(NC(C)C)=NC2)C1. The number of aliphatic imine (C=N–C) groups is 1. The fourth-order valence-electron chi connectivity index (χ4n) is 2.24. The summed E-state index contributed by atoms with van der Waals surface area (Å²) in [6.45, 7) is 9.55. The highest BCUT2D eigenvalue weighted by Gasteiger charge is 2.26. The molecule has 1 fully saturated rings. The molecule has 0 spiro atoms. The van der Waals surface area contributed by atoms with E-state index in [0.29, 0.717) is 19.1 Å². The zero-order chi connectivity index (χ0) is 12.4. The Balaban J connectivity index is 1.81. The van der Waals surface area contributed by atoms with Crippen molar-refractivity contribution in [2.45, 2.75) is 26.8 Å². The summed E-state index contributed by atoms with van der Waals surface area (Å²) < 4.78 is 0. The lowest BCUT2D eigenvalue weighted by atomic mass is 10.0. The van der Waals surface area contributed by atoms with Gasteiger partial charge < -0.3 is 5.32 Å². The molecule has 17 heavy (non-hydrogen) atoms. The standard InChI is InChI=1S/C13H21N3O/c1-9(2)15-13-4-11(5-14-13)12(17)8-16-6-10(3)7-16/h4,9-10H,5-8H2,1-3H3,(H,14,15). The molecule has 0 saturated carbocycles. The molecule has 2 rings (SSSR count). The van der Waals surface area contributed by atoms with E-state index in [-0.39, 0.29) is 5.78 Å². The largest absolute Gasteiger partial charge is 0.368 e. The van der Waals surface area contributed by atoms with Crippen LogP contribution in [-0.4, -0.2) is 48.7 Å². The Labute approximate surface area is 103 Å². The Kier molecular flexibility index (Phi) is 3.62. The lowest BCUT2D eigenvalue weighted by Gasteiger charge is -2.36. The van der Waals surface area contributed by atoms with Crippen molar-refractivity contribution in [3.05, 3.63) is 11.6 Å². The first kappa shape index (κ1) is 12.3. The van der Waals surface area contributed by atoms with Crippen LogP contribution in [0, 0.1) is 5.92 Å². The molecule has 0 radical (unpaired) electrons. The minimum absolute atomic E-state index is 0.223. The number of hydrogen-bond donors (Lipinski definition) is 1. The first-order valence-corrected chi connectivity index (χ1v) is 6.31. The molecule has 1 N–H and O–H groups in total. The summed E-state index contributed by atoms with van der Waals surface area (Å²) in [5.74, 6) is 1.82. The molecule has 0 atom stereocenters. The van der Waals surface area contributed by atoms with Gasteiger partial charge in [-0.3, -0.25) is 14.7 Å². The minimum atomic E-state index is 0.223. The number of Topliss-reactive ketones (excluding diaryl/α,β-unsaturated/α-hetero) is 1. The van der Waals surface area contributed by atoms with E-state index in [1.54, 1.807) is 0 Å². The fraction of sp³-hybridized carbons (Fsp3) is 0.692. The van der Waals surface area contributed by atoms with Gasteiger partial charge in [0.05, 0.1) is 13.1 Å². The summed E-state index contributed by atoms with van der Waals surface area (Å²) in [4.78, 5) is 18.5. The average molecular weight is 235 g/mol. The van der Waals surface area contributed by atoms with Crippen LogP contribution in [0.5, 0.6) is 0 Å². The van der Waals surface area contributed by atoms with E-state index in [2.05, 4.69) is 36.0 Å². The van der Waals surface area contributed by atoms with Gasteiger partial charge in [0, 0.05) is 24.7 Å². The van der Waals surface area contributed by atoms with Crippen LogP contribution in [0.3, 0.4) is 0 Å². The third-order valence-corrected chi connectivity index (χ3v) is 3.03. The number of amidine groups is 1. The molecule has 2 aliphatic heterocycles. The van der Waals surface area contributed by atoms with Crippen molar-refractivity contribution in [2.24, 2.45) is 10.9 Å². The molecule has 0 bridgehead atoms. The Morgan fingerprint density at radius 2 is 2.29 bits per heavy atom. The van der Waals surface area contributed by atoms with Crippen molar-refractivity contribution in [2.75, 3.05) is 26.2 Å². The van der Waals surface area contributed by atoms with Gasteiger partial charge in [0.2, 0.25) is 0 Å². The van der Waals surface area contributed by atoms with Gasteiger partial charge in [-0.2, -0.15) is 0 Å². The number of carbonyl (C=O) groups is 1. The van der Waals surface area contributed by atoms with E-state index in [1.807, 2.05) is 6.08 Å². The van der Waals surface area contributed by atoms with Gasteiger partial charge in [-0.05, 0) is 25.8 Å². The molecule has 0 unspecified atom stereocenters. The second-order valence-corrected chi connectivity index (χ2v) is 5.39. The summed E-state index contributed by atoms with van der Waals surface area (Å²) in [5.41, 5.74) is 0.840. The van der Waals surface area contributed by atoms with Crippen molar-refractivity contribution in [1.29, 1.82) is 0 Å². The molecule has 94 valence electrons. The van der Waals surface area contributed by atoms with Gasteiger partial charge in [0.25, 0.3) is 0 Å². The van der Waals surface area contributed by atoms with E-state index in [1.165, 1.54) is 0 Å². The van der Waals surface area contributed by atoms with E-state index in [4.69, 9.17) is 0 Å². The van der Waals surface area contributed by atoms with Gasteiger partial charge in [0.1, 0.15) is 5.84 Å². The summed E-state index contributed by atoms with van der Waals surface area (Å²) in [7, 11) is 0. The molecule has 2 heterocycles. The van der Waals surface area contributed by atoms with Crippen LogP contribution in [0.4, 0.5) is 0 Å². The van der Waals surface area contributed by atoms with Crippen LogP contribution in [0.2, 0.25) is 0 Å². The van der Waals surface area contributed by atoms with Gasteiger partial charge in [0.15, 0.2) is 5.78 Å². The van der Waals surface area contributed by atoms with E-state index >= 15 is 0 Å². The molecule has 0 aliphatic carbocycles. The van der Waals surface area contributed by atoms with E-state index in [0.717, 1.165) is 30.4 Å². The van der Waals surface area contributed by atoms with Crippen LogP contribution in [0.25, 0.3) is 0 Å². The molecule has 0 amide bonds. The Bertz CT molecular complexity index is 365. The predicted octanol–water partition coefficient (Wildman–Crippen LogP) is 0.844. The van der Waals surface area contributed by atoms with Gasteiger partial charge in [-0.25, -0.2) is 0 Å². The molecule has 0 aromatic carbocycles. The summed E-state index contributed by atoms with van der Waals surface area (Å²) >= 11 is 0. The van der Waals surface area contributed by atoms with E-state index in [9.17, 15) is 4.79 Å². The third kappa shape index (κ3) is 3.16. The Morgan fingerprint density at radius 3 is 2.88 bits per heavy atom. The van der Waals surface area contributed by atoms with Gasteiger partial charge in [-0.1, -0.05) is 6.92 Å². The van der Waals surface area contributed by atoms with Crippen molar-refractivity contribution in [3.8, 4) is 0 Å². The number of likely N-dealkylation sites (tertiary alicyclic amines) is 1. The maximum Gasteiger partial charge on any atom is 0.174 e. The number of hydrogen-bond acceptors (Lipinski definition) is 4. The smallest absolute Gasteiger partial charge is 0.174 e. The summed E-state index contributed by atoms with van der Waals surface area (Å²) in [5, 5.41) is 3.22. The third-order valence-electron chi connectivity index (χ3n) is 3.03. The first-order valence-electron chi connectivity index (χ1n) is 6.31. The highest BCUT2D eigenvalue weighted by atomic mass is 16.1. The topological polar surface area (TPSA) is 44.7 Å². The second kappa shape index (κ2) is 5.00. The molecule has 2 aliphatic rings. The van der Waals surface area contributed by atoms with Crippen molar-refractivity contribution >= 4 is 11.6 Å². The minimum Gasteiger partial charge on any atom is -0.368 e. The predicted molar refractivity (Wildman–Crippen MR) is 69.3 cm³/mol. The number of carbonyl (C=O) groups excluding carboxylic acids is 1. The Morgan fingerprint density at radius 1 is 1.59 bits per heavy atom.